The number of benzene rings is 1. The molecule has 1 aliphatic carbocycles. The summed E-state index contributed by atoms with van der Waals surface area (Å²) in [4.78, 5) is 10.8. The standard InChI is InChI=1S/C11H10BrFO/c12-10-8(2-1-3-9(10)13)6-11(7-14)4-5-11/h1-3,7H,4-6H2. The second kappa shape index (κ2) is 3.46. The van der Waals surface area contributed by atoms with E-state index in [9.17, 15) is 9.18 Å². The molecule has 0 N–H and O–H groups in total. The van der Waals surface area contributed by atoms with E-state index in [-0.39, 0.29) is 11.2 Å². The Hall–Kier alpha value is -0.700. The lowest BCUT2D eigenvalue weighted by atomic mass is 9.98. The smallest absolute Gasteiger partial charge is 0.137 e. The fraction of sp³-hybridized carbons (Fsp3) is 0.364. The second-order valence-electron chi connectivity index (χ2n) is 3.87. The van der Waals surface area contributed by atoms with Gasteiger partial charge in [0.2, 0.25) is 0 Å². The van der Waals surface area contributed by atoms with Crippen LogP contribution in [-0.4, -0.2) is 6.29 Å². The summed E-state index contributed by atoms with van der Waals surface area (Å²) in [5, 5.41) is 0. The first-order valence-electron chi connectivity index (χ1n) is 4.56. The Kier molecular flexibility index (Phi) is 2.43. The molecule has 0 bridgehead atoms. The highest BCUT2D eigenvalue weighted by Gasteiger charge is 2.42. The molecule has 0 atom stereocenters. The monoisotopic (exact) mass is 256 g/mol. The number of rotatable bonds is 3. The largest absolute Gasteiger partial charge is 0.303 e. The van der Waals surface area contributed by atoms with Gasteiger partial charge in [-0.3, -0.25) is 0 Å². The third-order valence-corrected chi connectivity index (χ3v) is 3.60. The van der Waals surface area contributed by atoms with Crippen LogP contribution in [0.5, 0.6) is 0 Å². The summed E-state index contributed by atoms with van der Waals surface area (Å²) in [5.74, 6) is -0.260. The maximum Gasteiger partial charge on any atom is 0.137 e. The molecule has 3 heteroatoms. The maximum absolute atomic E-state index is 13.1. The SMILES string of the molecule is O=CC1(Cc2cccc(F)c2Br)CC1. The fourth-order valence-electron chi connectivity index (χ4n) is 1.56. The molecular weight excluding hydrogens is 247 g/mol. The van der Waals surface area contributed by atoms with Gasteiger partial charge in [-0.05, 0) is 46.8 Å². The van der Waals surface area contributed by atoms with Crippen molar-refractivity contribution < 1.29 is 9.18 Å². The quantitative estimate of drug-likeness (QED) is 0.760. The molecule has 14 heavy (non-hydrogen) atoms. The molecule has 0 aliphatic heterocycles. The summed E-state index contributed by atoms with van der Waals surface area (Å²) >= 11 is 3.20. The molecule has 2 rings (SSSR count). The lowest BCUT2D eigenvalue weighted by Crippen LogP contribution is -2.07. The van der Waals surface area contributed by atoms with Gasteiger partial charge in [0.05, 0.1) is 4.47 Å². The molecule has 0 amide bonds. The normalized spacial score (nSPS) is 17.9. The van der Waals surface area contributed by atoms with E-state index < -0.39 is 0 Å². The highest BCUT2D eigenvalue weighted by atomic mass is 79.9. The van der Waals surface area contributed by atoms with E-state index >= 15 is 0 Å². The summed E-state index contributed by atoms with van der Waals surface area (Å²) in [6.07, 6.45) is 3.51. The van der Waals surface area contributed by atoms with Crippen molar-refractivity contribution in [2.45, 2.75) is 19.3 Å². The van der Waals surface area contributed by atoms with Crippen LogP contribution < -0.4 is 0 Å². The average molecular weight is 257 g/mol. The van der Waals surface area contributed by atoms with Crippen molar-refractivity contribution in [3.05, 3.63) is 34.1 Å². The number of carbonyl (C=O) groups excluding carboxylic acids is 1. The zero-order valence-electron chi connectivity index (χ0n) is 7.59. The molecule has 0 spiro atoms. The maximum atomic E-state index is 13.1. The molecule has 0 radical (unpaired) electrons. The van der Waals surface area contributed by atoms with Gasteiger partial charge < -0.3 is 4.79 Å². The summed E-state index contributed by atoms with van der Waals surface area (Å²) in [6, 6.07) is 4.95. The predicted molar refractivity (Wildman–Crippen MR) is 55.5 cm³/mol. The molecule has 1 nitrogen and oxygen atoms in total. The van der Waals surface area contributed by atoms with Crippen molar-refractivity contribution in [2.24, 2.45) is 5.41 Å². The van der Waals surface area contributed by atoms with Gasteiger partial charge in [-0.25, -0.2) is 4.39 Å². The van der Waals surface area contributed by atoms with Crippen LogP contribution in [0.1, 0.15) is 18.4 Å². The van der Waals surface area contributed by atoms with Gasteiger partial charge >= 0.3 is 0 Å². The van der Waals surface area contributed by atoms with Gasteiger partial charge in [-0.1, -0.05) is 12.1 Å². The zero-order valence-corrected chi connectivity index (χ0v) is 9.18. The van der Waals surface area contributed by atoms with E-state index in [4.69, 9.17) is 0 Å². The first kappa shape index (κ1) is 9.84. The van der Waals surface area contributed by atoms with E-state index in [1.165, 1.54) is 6.07 Å². The summed E-state index contributed by atoms with van der Waals surface area (Å²) in [5.41, 5.74) is 0.686. The van der Waals surface area contributed by atoms with Crippen molar-refractivity contribution in [1.29, 1.82) is 0 Å². The topological polar surface area (TPSA) is 17.1 Å². The van der Waals surface area contributed by atoms with Crippen LogP contribution in [0.3, 0.4) is 0 Å². The van der Waals surface area contributed by atoms with Crippen LogP contribution >= 0.6 is 15.9 Å². The van der Waals surface area contributed by atoms with Crippen molar-refractivity contribution in [3.63, 3.8) is 0 Å². The molecule has 0 heterocycles. The number of carbonyl (C=O) groups is 1. The molecule has 0 aromatic heterocycles. The minimum atomic E-state index is -0.260. The first-order valence-corrected chi connectivity index (χ1v) is 5.35. The molecule has 0 saturated heterocycles. The number of hydrogen-bond acceptors (Lipinski definition) is 1. The van der Waals surface area contributed by atoms with Crippen LogP contribution in [0.25, 0.3) is 0 Å². The summed E-state index contributed by atoms with van der Waals surface area (Å²) in [7, 11) is 0. The van der Waals surface area contributed by atoms with E-state index in [0.717, 1.165) is 24.7 Å². The lowest BCUT2D eigenvalue weighted by molar-refractivity contribution is -0.112. The second-order valence-corrected chi connectivity index (χ2v) is 4.66. The van der Waals surface area contributed by atoms with Crippen LogP contribution in [0.2, 0.25) is 0 Å². The Balaban J connectivity index is 2.25. The highest BCUT2D eigenvalue weighted by Crippen LogP contribution is 2.47. The number of aldehydes is 1. The molecule has 1 aromatic rings. The van der Waals surface area contributed by atoms with Gasteiger partial charge in [0.25, 0.3) is 0 Å². The van der Waals surface area contributed by atoms with Gasteiger partial charge in [0, 0.05) is 5.41 Å². The molecule has 0 unspecified atom stereocenters. The molecule has 1 fully saturated rings. The average Bonchev–Trinajstić information content (AvgIpc) is 2.94. The Morgan fingerprint density at radius 2 is 2.21 bits per heavy atom. The third-order valence-electron chi connectivity index (χ3n) is 2.72. The Bertz CT molecular complexity index is 372. The number of halogens is 2. The van der Waals surface area contributed by atoms with Crippen molar-refractivity contribution in [3.8, 4) is 0 Å². The van der Waals surface area contributed by atoms with Crippen LogP contribution in [0.15, 0.2) is 22.7 Å². The lowest BCUT2D eigenvalue weighted by Gasteiger charge is -2.09. The highest BCUT2D eigenvalue weighted by molar-refractivity contribution is 9.10. The molecule has 74 valence electrons. The van der Waals surface area contributed by atoms with Gasteiger partial charge in [0.15, 0.2) is 0 Å². The molecular formula is C11H10BrFO. The summed E-state index contributed by atoms with van der Waals surface area (Å²) < 4.78 is 13.6. The first-order chi connectivity index (χ1) is 6.67. The molecule has 1 aromatic carbocycles. The van der Waals surface area contributed by atoms with Crippen LogP contribution in [0, 0.1) is 11.2 Å². The van der Waals surface area contributed by atoms with Crippen LogP contribution in [0.4, 0.5) is 4.39 Å². The minimum Gasteiger partial charge on any atom is -0.303 e. The van der Waals surface area contributed by atoms with Gasteiger partial charge in [0.1, 0.15) is 12.1 Å². The van der Waals surface area contributed by atoms with Crippen molar-refractivity contribution in [2.75, 3.05) is 0 Å². The van der Waals surface area contributed by atoms with E-state index in [1.807, 2.05) is 6.07 Å². The van der Waals surface area contributed by atoms with Crippen molar-refractivity contribution >= 4 is 22.2 Å². The Labute approximate surface area is 90.4 Å². The minimum absolute atomic E-state index is 0.198. The third kappa shape index (κ3) is 1.73. The Morgan fingerprint density at radius 3 is 2.79 bits per heavy atom. The predicted octanol–water partition coefficient (Wildman–Crippen LogP) is 3.11. The van der Waals surface area contributed by atoms with Gasteiger partial charge in [-0.15, -0.1) is 0 Å². The van der Waals surface area contributed by atoms with Crippen LogP contribution in [-0.2, 0) is 11.2 Å². The molecule has 1 aliphatic rings. The van der Waals surface area contributed by atoms with Crippen molar-refractivity contribution in [1.82, 2.24) is 0 Å². The fourth-order valence-corrected chi connectivity index (χ4v) is 1.97. The summed E-state index contributed by atoms with van der Waals surface area (Å²) in [6.45, 7) is 0. The molecule has 1 saturated carbocycles. The number of hydrogen-bond donors (Lipinski definition) is 0. The van der Waals surface area contributed by atoms with E-state index in [1.54, 1.807) is 6.07 Å². The Morgan fingerprint density at radius 1 is 1.50 bits per heavy atom. The van der Waals surface area contributed by atoms with E-state index in [2.05, 4.69) is 15.9 Å². The van der Waals surface area contributed by atoms with Gasteiger partial charge in [-0.2, -0.15) is 0 Å². The zero-order chi connectivity index (χ0) is 10.2. The van der Waals surface area contributed by atoms with E-state index in [0.29, 0.717) is 10.9 Å².